The maximum atomic E-state index is 12.8. The fourth-order valence-corrected chi connectivity index (χ4v) is 3.47. The first kappa shape index (κ1) is 22.0. The number of aryl methyl sites for hydroxylation is 3. The van der Waals surface area contributed by atoms with E-state index in [0.29, 0.717) is 0 Å². The zero-order valence-corrected chi connectivity index (χ0v) is 18.2. The number of anilines is 1. The molecule has 2 amide bonds. The zero-order chi connectivity index (χ0) is 22.5. The number of nitrogens with zero attached hydrogens (tertiary/aromatic N) is 3. The molecule has 1 heterocycles. The Hall–Kier alpha value is -3.74. The third-order valence-corrected chi connectivity index (χ3v) is 4.93. The third-order valence-electron chi connectivity index (χ3n) is 4.93. The van der Waals surface area contributed by atoms with Gasteiger partial charge in [0.15, 0.2) is 0 Å². The van der Waals surface area contributed by atoms with Crippen LogP contribution in [0, 0.1) is 20.8 Å². The molecule has 31 heavy (non-hydrogen) atoms. The lowest BCUT2D eigenvalue weighted by molar-refractivity contribution is -0.116. The van der Waals surface area contributed by atoms with Crippen LogP contribution in [-0.2, 0) is 11.3 Å². The maximum Gasteiger partial charge on any atom is 0.274 e. The van der Waals surface area contributed by atoms with Crippen molar-refractivity contribution >= 4 is 17.5 Å². The van der Waals surface area contributed by atoms with Gasteiger partial charge in [0.25, 0.3) is 11.5 Å². The molecule has 7 heteroatoms. The molecule has 0 bridgehead atoms. The molecule has 1 N–H and O–H groups in total. The number of nitrogens with one attached hydrogen (secondary N) is 1. The molecule has 0 aliphatic carbocycles. The fraction of sp³-hybridized carbons (Fsp3) is 0.250. The normalized spacial score (nSPS) is 10.6. The minimum atomic E-state index is -0.436. The lowest BCUT2D eigenvalue weighted by atomic mass is 10.1. The summed E-state index contributed by atoms with van der Waals surface area (Å²) in [5.41, 5.74) is 4.52. The van der Waals surface area contributed by atoms with Crippen molar-refractivity contribution in [2.24, 2.45) is 0 Å². The molecule has 0 saturated carbocycles. The molecule has 1 aromatic heterocycles. The summed E-state index contributed by atoms with van der Waals surface area (Å²) in [6.07, 6.45) is 0. The first-order chi connectivity index (χ1) is 14.7. The van der Waals surface area contributed by atoms with Gasteiger partial charge in [-0.3, -0.25) is 14.4 Å². The van der Waals surface area contributed by atoms with E-state index >= 15 is 0 Å². The van der Waals surface area contributed by atoms with Crippen molar-refractivity contribution in [2.75, 3.05) is 18.9 Å². The summed E-state index contributed by atoms with van der Waals surface area (Å²) in [7, 11) is 1.53. The van der Waals surface area contributed by atoms with Crippen molar-refractivity contribution in [1.82, 2.24) is 14.7 Å². The zero-order valence-electron chi connectivity index (χ0n) is 18.2. The molecule has 160 valence electrons. The summed E-state index contributed by atoms with van der Waals surface area (Å²) in [5, 5.41) is 7.09. The van der Waals surface area contributed by atoms with Crippen LogP contribution >= 0.6 is 0 Å². The number of benzene rings is 2. The predicted molar refractivity (Wildman–Crippen MR) is 120 cm³/mol. The average Bonchev–Trinajstić information content (AvgIpc) is 2.72. The van der Waals surface area contributed by atoms with Gasteiger partial charge in [-0.15, -0.1) is 0 Å². The van der Waals surface area contributed by atoms with Gasteiger partial charge in [0.05, 0.1) is 13.1 Å². The number of amides is 2. The second kappa shape index (κ2) is 9.38. The van der Waals surface area contributed by atoms with E-state index in [2.05, 4.69) is 10.4 Å². The number of carbonyl (C=O) groups is 2. The van der Waals surface area contributed by atoms with Gasteiger partial charge in [0.1, 0.15) is 5.69 Å². The topological polar surface area (TPSA) is 84.3 Å². The minimum absolute atomic E-state index is 0.105. The highest BCUT2D eigenvalue weighted by atomic mass is 16.2. The second-order valence-electron chi connectivity index (χ2n) is 7.68. The third kappa shape index (κ3) is 5.45. The van der Waals surface area contributed by atoms with E-state index in [4.69, 9.17) is 0 Å². The van der Waals surface area contributed by atoms with Crippen LogP contribution < -0.4 is 10.9 Å². The van der Waals surface area contributed by atoms with Crippen LogP contribution in [0.2, 0.25) is 0 Å². The van der Waals surface area contributed by atoms with Crippen LogP contribution in [0.3, 0.4) is 0 Å². The van der Waals surface area contributed by atoms with Crippen molar-refractivity contribution in [3.63, 3.8) is 0 Å². The van der Waals surface area contributed by atoms with Crippen LogP contribution in [-0.4, -0.2) is 40.1 Å². The Labute approximate surface area is 181 Å². The van der Waals surface area contributed by atoms with Crippen molar-refractivity contribution in [3.05, 3.63) is 92.9 Å². The largest absolute Gasteiger partial charge is 0.331 e. The highest BCUT2D eigenvalue weighted by Crippen LogP contribution is 2.21. The van der Waals surface area contributed by atoms with Gasteiger partial charge in [0, 0.05) is 18.8 Å². The molecule has 2 aromatic carbocycles. The van der Waals surface area contributed by atoms with Crippen molar-refractivity contribution < 1.29 is 9.59 Å². The molecule has 0 spiro atoms. The van der Waals surface area contributed by atoms with Crippen molar-refractivity contribution in [1.29, 1.82) is 0 Å². The molecule has 3 rings (SSSR count). The Kier molecular flexibility index (Phi) is 6.65. The molecule has 0 aliphatic heterocycles. The quantitative estimate of drug-likeness (QED) is 0.667. The van der Waals surface area contributed by atoms with Gasteiger partial charge in [-0.25, -0.2) is 4.68 Å². The van der Waals surface area contributed by atoms with Gasteiger partial charge in [-0.1, -0.05) is 48.0 Å². The number of hydrogen-bond acceptors (Lipinski definition) is 4. The van der Waals surface area contributed by atoms with E-state index in [1.807, 2.05) is 63.2 Å². The predicted octanol–water partition coefficient (Wildman–Crippen LogP) is 2.93. The Morgan fingerprint density at radius 3 is 2.29 bits per heavy atom. The van der Waals surface area contributed by atoms with E-state index in [1.54, 1.807) is 0 Å². The average molecular weight is 418 g/mol. The Bertz CT molecular complexity index is 1150. The molecule has 0 radical (unpaired) electrons. The molecule has 0 unspecified atom stereocenters. The number of rotatable bonds is 6. The fourth-order valence-electron chi connectivity index (χ4n) is 3.47. The molecule has 7 nitrogen and oxygen atoms in total. The monoisotopic (exact) mass is 418 g/mol. The lowest BCUT2D eigenvalue weighted by Crippen LogP contribution is -2.36. The molecule has 0 fully saturated rings. The Morgan fingerprint density at radius 1 is 1.00 bits per heavy atom. The molecule has 0 aliphatic rings. The number of likely N-dealkylation sites (N-methyl/N-ethyl adjacent to an activating group) is 1. The van der Waals surface area contributed by atoms with E-state index in [0.717, 1.165) is 27.9 Å². The van der Waals surface area contributed by atoms with Crippen LogP contribution in [0.1, 0.15) is 32.7 Å². The standard InChI is InChI=1S/C24H26N4O3/c1-16-12-17(2)23(18(3)13-16)25-21(29)15-27(4)24(31)20-10-11-22(30)28(26-20)14-19-8-6-5-7-9-19/h5-13H,14-15H2,1-4H3,(H,25,29). The summed E-state index contributed by atoms with van der Waals surface area (Å²) in [6, 6.07) is 16.1. The molecular weight excluding hydrogens is 392 g/mol. The first-order valence-electron chi connectivity index (χ1n) is 10.00. The Morgan fingerprint density at radius 2 is 1.65 bits per heavy atom. The van der Waals surface area contributed by atoms with Gasteiger partial charge >= 0.3 is 0 Å². The lowest BCUT2D eigenvalue weighted by Gasteiger charge is -2.18. The molecule has 0 atom stereocenters. The molecular formula is C24H26N4O3. The summed E-state index contributed by atoms with van der Waals surface area (Å²) < 4.78 is 1.25. The highest BCUT2D eigenvalue weighted by molar-refractivity contribution is 5.98. The molecule has 3 aromatic rings. The molecule has 0 saturated heterocycles. The summed E-state index contributed by atoms with van der Waals surface area (Å²) in [6.45, 7) is 6.00. The van der Waals surface area contributed by atoms with Crippen LogP contribution in [0.25, 0.3) is 0 Å². The van der Waals surface area contributed by atoms with E-state index in [1.165, 1.54) is 28.8 Å². The van der Waals surface area contributed by atoms with Crippen LogP contribution in [0.4, 0.5) is 5.69 Å². The smallest absolute Gasteiger partial charge is 0.274 e. The first-order valence-corrected chi connectivity index (χ1v) is 10.00. The van der Waals surface area contributed by atoms with Gasteiger partial charge in [0.2, 0.25) is 5.91 Å². The maximum absolute atomic E-state index is 12.8. The SMILES string of the molecule is Cc1cc(C)c(NC(=O)CN(C)C(=O)c2ccc(=O)n(Cc3ccccc3)n2)c(C)c1. The van der Waals surface area contributed by atoms with Gasteiger partial charge in [-0.05, 0) is 43.5 Å². The second-order valence-corrected chi connectivity index (χ2v) is 7.68. The Balaban J connectivity index is 1.70. The summed E-state index contributed by atoms with van der Waals surface area (Å²) in [4.78, 5) is 38.8. The van der Waals surface area contributed by atoms with Crippen molar-refractivity contribution in [2.45, 2.75) is 27.3 Å². The minimum Gasteiger partial charge on any atom is -0.331 e. The van der Waals surface area contributed by atoms with Crippen LogP contribution in [0.5, 0.6) is 0 Å². The number of carbonyl (C=O) groups excluding carboxylic acids is 2. The summed E-state index contributed by atoms with van der Waals surface area (Å²) >= 11 is 0. The van der Waals surface area contributed by atoms with E-state index < -0.39 is 5.91 Å². The summed E-state index contributed by atoms with van der Waals surface area (Å²) in [5.74, 6) is -0.738. The highest BCUT2D eigenvalue weighted by Gasteiger charge is 2.18. The van der Waals surface area contributed by atoms with Gasteiger partial charge in [-0.2, -0.15) is 5.10 Å². The van der Waals surface area contributed by atoms with E-state index in [-0.39, 0.29) is 30.2 Å². The van der Waals surface area contributed by atoms with E-state index in [9.17, 15) is 14.4 Å². The van der Waals surface area contributed by atoms with Gasteiger partial charge < -0.3 is 10.2 Å². The van der Waals surface area contributed by atoms with Crippen molar-refractivity contribution in [3.8, 4) is 0 Å². The number of hydrogen-bond donors (Lipinski definition) is 1. The number of aromatic nitrogens is 2. The van der Waals surface area contributed by atoms with Crippen LogP contribution in [0.15, 0.2) is 59.4 Å².